The molecule has 1 N–H and O–H groups in total. The maximum atomic E-state index is 13.1. The van der Waals surface area contributed by atoms with Gasteiger partial charge < -0.3 is 19.7 Å². The monoisotopic (exact) mass is 452 g/mol. The Balaban J connectivity index is 1.42. The molecule has 0 spiro atoms. The average Bonchev–Trinajstić information content (AvgIpc) is 3.26. The van der Waals surface area contributed by atoms with Crippen LogP contribution in [0.25, 0.3) is 0 Å². The summed E-state index contributed by atoms with van der Waals surface area (Å²) in [6.07, 6.45) is 1.50. The van der Waals surface area contributed by atoms with Crippen molar-refractivity contribution in [3.8, 4) is 5.75 Å². The van der Waals surface area contributed by atoms with E-state index in [1.807, 2.05) is 6.92 Å². The molecule has 2 heterocycles. The van der Waals surface area contributed by atoms with E-state index in [-0.39, 0.29) is 24.2 Å². The largest absolute Gasteiger partial charge is 0.489 e. The fourth-order valence-electron chi connectivity index (χ4n) is 3.50. The van der Waals surface area contributed by atoms with Gasteiger partial charge in [-0.3, -0.25) is 14.3 Å². The Morgan fingerprint density at radius 2 is 1.79 bits per heavy atom. The van der Waals surface area contributed by atoms with Crippen molar-refractivity contribution in [2.45, 2.75) is 20.1 Å². The van der Waals surface area contributed by atoms with E-state index in [0.717, 1.165) is 5.56 Å². The number of morpholine rings is 1. The van der Waals surface area contributed by atoms with Gasteiger partial charge in [0.1, 0.15) is 23.9 Å². The second-order valence-corrected chi connectivity index (χ2v) is 7.52. The molecular formula is C24H25FN4O4. The quantitative estimate of drug-likeness (QED) is 0.594. The summed E-state index contributed by atoms with van der Waals surface area (Å²) in [5, 5.41) is 7.07. The summed E-state index contributed by atoms with van der Waals surface area (Å²) >= 11 is 0. The number of ether oxygens (including phenoxy) is 2. The molecule has 8 nitrogen and oxygen atoms in total. The zero-order chi connectivity index (χ0) is 23.2. The number of carbonyl (C=O) groups excluding carboxylic acids is 2. The van der Waals surface area contributed by atoms with Gasteiger partial charge in [0.15, 0.2) is 0 Å². The van der Waals surface area contributed by atoms with Gasteiger partial charge in [-0.15, -0.1) is 0 Å². The number of nitrogens with zero attached hydrogens (tertiary/aromatic N) is 3. The van der Waals surface area contributed by atoms with Gasteiger partial charge in [-0.25, -0.2) is 4.39 Å². The van der Waals surface area contributed by atoms with Crippen LogP contribution in [-0.2, 0) is 17.9 Å². The van der Waals surface area contributed by atoms with E-state index in [0.29, 0.717) is 55.5 Å². The molecule has 1 saturated heterocycles. The molecule has 4 rings (SSSR count). The Morgan fingerprint density at radius 3 is 2.45 bits per heavy atom. The van der Waals surface area contributed by atoms with Crippen LogP contribution in [0.15, 0.2) is 54.7 Å². The van der Waals surface area contributed by atoms with Crippen molar-refractivity contribution < 1.29 is 23.5 Å². The van der Waals surface area contributed by atoms with Gasteiger partial charge in [-0.05, 0) is 48.9 Å². The number of anilines is 1. The number of amides is 2. The fraction of sp³-hybridized carbons (Fsp3) is 0.292. The lowest BCUT2D eigenvalue weighted by molar-refractivity contribution is 0.0295. The first kappa shape index (κ1) is 22.5. The number of hydrogen-bond donors (Lipinski definition) is 1. The van der Waals surface area contributed by atoms with Crippen molar-refractivity contribution in [2.24, 2.45) is 0 Å². The van der Waals surface area contributed by atoms with Crippen molar-refractivity contribution in [1.29, 1.82) is 0 Å². The average molecular weight is 452 g/mol. The summed E-state index contributed by atoms with van der Waals surface area (Å²) in [6.45, 7) is 4.67. The normalized spacial score (nSPS) is 13.6. The van der Waals surface area contributed by atoms with Crippen molar-refractivity contribution in [1.82, 2.24) is 14.7 Å². The zero-order valence-electron chi connectivity index (χ0n) is 18.3. The molecule has 9 heteroatoms. The van der Waals surface area contributed by atoms with Crippen molar-refractivity contribution in [3.05, 3.63) is 77.4 Å². The minimum atomic E-state index is -0.340. The molecule has 172 valence electrons. The molecule has 0 bridgehead atoms. The molecule has 1 aliphatic rings. The highest BCUT2D eigenvalue weighted by Gasteiger charge is 2.26. The van der Waals surface area contributed by atoms with Crippen molar-refractivity contribution >= 4 is 17.5 Å². The van der Waals surface area contributed by atoms with Gasteiger partial charge in [-0.2, -0.15) is 5.10 Å². The predicted octanol–water partition coefficient (Wildman–Crippen LogP) is 3.35. The molecule has 2 aromatic carbocycles. The summed E-state index contributed by atoms with van der Waals surface area (Å²) in [7, 11) is 0. The van der Waals surface area contributed by atoms with Gasteiger partial charge in [-0.1, -0.05) is 12.1 Å². The van der Waals surface area contributed by atoms with Gasteiger partial charge >= 0.3 is 0 Å². The third kappa shape index (κ3) is 5.38. The Kier molecular flexibility index (Phi) is 6.99. The first-order valence-corrected chi connectivity index (χ1v) is 10.8. The highest BCUT2D eigenvalue weighted by atomic mass is 19.1. The number of hydrogen-bond acceptors (Lipinski definition) is 5. The lowest BCUT2D eigenvalue weighted by Crippen LogP contribution is -2.41. The molecule has 2 amide bonds. The molecule has 33 heavy (non-hydrogen) atoms. The van der Waals surface area contributed by atoms with Crippen LogP contribution in [-0.4, -0.2) is 52.8 Å². The van der Waals surface area contributed by atoms with E-state index in [4.69, 9.17) is 9.47 Å². The van der Waals surface area contributed by atoms with Crippen molar-refractivity contribution in [3.63, 3.8) is 0 Å². The summed E-state index contributed by atoms with van der Waals surface area (Å²) in [5.74, 6) is -0.283. The van der Waals surface area contributed by atoms with Crippen LogP contribution in [0.5, 0.6) is 5.75 Å². The first-order valence-electron chi connectivity index (χ1n) is 10.8. The summed E-state index contributed by atoms with van der Waals surface area (Å²) in [6, 6.07) is 12.7. The molecular weight excluding hydrogens is 427 g/mol. The predicted molar refractivity (Wildman–Crippen MR) is 120 cm³/mol. The molecule has 1 aromatic heterocycles. The van der Waals surface area contributed by atoms with Crippen LogP contribution in [0, 0.1) is 5.82 Å². The van der Waals surface area contributed by atoms with E-state index < -0.39 is 0 Å². The third-order valence-corrected chi connectivity index (χ3v) is 5.32. The standard InChI is InChI=1S/C24H25FN4O4/c1-2-29-22(24(31)28-11-13-32-14-12-28)21(15-26-29)27-23(30)18-5-3-17(4-6-18)16-33-20-9-7-19(25)8-10-20/h3-10,15H,2,11-14,16H2,1H3,(H,27,30). The smallest absolute Gasteiger partial charge is 0.274 e. The summed E-state index contributed by atoms with van der Waals surface area (Å²) in [5.41, 5.74) is 2.03. The van der Waals surface area contributed by atoms with Crippen molar-refractivity contribution in [2.75, 3.05) is 31.6 Å². The third-order valence-electron chi connectivity index (χ3n) is 5.32. The Bertz CT molecular complexity index is 1110. The van der Waals surface area contributed by atoms with Crippen LogP contribution in [0.3, 0.4) is 0 Å². The molecule has 1 fully saturated rings. The lowest BCUT2D eigenvalue weighted by atomic mass is 10.1. The van der Waals surface area contributed by atoms with Gasteiger partial charge in [0.2, 0.25) is 0 Å². The van der Waals surface area contributed by atoms with E-state index in [2.05, 4.69) is 10.4 Å². The number of benzene rings is 2. The second-order valence-electron chi connectivity index (χ2n) is 7.52. The Hall–Kier alpha value is -3.72. The minimum Gasteiger partial charge on any atom is -0.489 e. The lowest BCUT2D eigenvalue weighted by Gasteiger charge is -2.27. The van der Waals surface area contributed by atoms with Gasteiger partial charge in [0.05, 0.1) is 25.1 Å². The van der Waals surface area contributed by atoms with Crippen LogP contribution in [0.2, 0.25) is 0 Å². The number of rotatable bonds is 7. The SMILES string of the molecule is CCn1ncc(NC(=O)c2ccc(COc3ccc(F)cc3)cc2)c1C(=O)N1CCOCC1. The van der Waals surface area contributed by atoms with E-state index >= 15 is 0 Å². The highest BCUT2D eigenvalue weighted by molar-refractivity contribution is 6.08. The maximum Gasteiger partial charge on any atom is 0.274 e. The number of aryl methyl sites for hydroxylation is 1. The van der Waals surface area contributed by atoms with E-state index in [1.165, 1.54) is 18.3 Å². The van der Waals surface area contributed by atoms with E-state index in [1.54, 1.807) is 46.0 Å². The zero-order valence-corrected chi connectivity index (χ0v) is 18.3. The Labute approximate surface area is 190 Å². The molecule has 0 saturated carbocycles. The number of carbonyl (C=O) groups is 2. The maximum absolute atomic E-state index is 13.1. The molecule has 0 aliphatic carbocycles. The highest BCUT2D eigenvalue weighted by Crippen LogP contribution is 2.20. The molecule has 0 atom stereocenters. The molecule has 0 unspecified atom stereocenters. The fourth-order valence-corrected chi connectivity index (χ4v) is 3.50. The van der Waals surface area contributed by atoms with Gasteiger partial charge in [0.25, 0.3) is 11.8 Å². The summed E-state index contributed by atoms with van der Waals surface area (Å²) in [4.78, 5) is 27.6. The first-order chi connectivity index (χ1) is 16.0. The molecule has 3 aromatic rings. The molecule has 1 aliphatic heterocycles. The van der Waals surface area contributed by atoms with Crippen LogP contribution in [0.4, 0.5) is 10.1 Å². The minimum absolute atomic E-state index is 0.179. The number of halogens is 1. The molecule has 0 radical (unpaired) electrons. The summed E-state index contributed by atoms with van der Waals surface area (Å²) < 4.78 is 25.5. The topological polar surface area (TPSA) is 85.7 Å². The van der Waals surface area contributed by atoms with E-state index in [9.17, 15) is 14.0 Å². The number of aromatic nitrogens is 2. The van der Waals surface area contributed by atoms with Crippen LogP contribution < -0.4 is 10.1 Å². The number of nitrogens with one attached hydrogen (secondary N) is 1. The second kappa shape index (κ2) is 10.3. The Morgan fingerprint density at radius 1 is 1.09 bits per heavy atom. The van der Waals surface area contributed by atoms with Crippen LogP contribution >= 0.6 is 0 Å². The van der Waals surface area contributed by atoms with Crippen LogP contribution in [0.1, 0.15) is 33.3 Å². The van der Waals surface area contributed by atoms with Gasteiger partial charge in [0, 0.05) is 25.2 Å².